The second kappa shape index (κ2) is 9.59. The fraction of sp³-hybridized carbons (Fsp3) is 0.208. The maximum absolute atomic E-state index is 12.6. The van der Waals surface area contributed by atoms with Crippen LogP contribution in [0.1, 0.15) is 29.5 Å². The van der Waals surface area contributed by atoms with Gasteiger partial charge in [-0.1, -0.05) is 48.0 Å². The Balaban J connectivity index is 1.56. The number of hydrogen-bond donors (Lipinski definition) is 2. The molecule has 0 saturated carbocycles. The highest BCUT2D eigenvalue weighted by Gasteiger charge is 2.15. The van der Waals surface area contributed by atoms with E-state index in [0.29, 0.717) is 17.8 Å². The van der Waals surface area contributed by atoms with E-state index in [-0.39, 0.29) is 10.8 Å². The molecular weight excluding hydrogens is 396 g/mol. The zero-order chi connectivity index (χ0) is 21.6. The van der Waals surface area contributed by atoms with Crippen LogP contribution < -0.4 is 10.0 Å². The van der Waals surface area contributed by atoms with Crippen molar-refractivity contribution < 1.29 is 13.2 Å². The van der Waals surface area contributed by atoms with Crippen molar-refractivity contribution >= 4 is 27.3 Å². The molecule has 0 atom stereocenters. The van der Waals surface area contributed by atoms with E-state index in [0.717, 1.165) is 24.0 Å². The smallest absolute Gasteiger partial charge is 0.261 e. The van der Waals surface area contributed by atoms with E-state index in [1.54, 1.807) is 18.2 Å². The second-order valence-electron chi connectivity index (χ2n) is 7.34. The van der Waals surface area contributed by atoms with E-state index in [1.807, 2.05) is 56.3 Å². The molecule has 0 aromatic heterocycles. The predicted molar refractivity (Wildman–Crippen MR) is 121 cm³/mol. The molecule has 0 aliphatic rings. The van der Waals surface area contributed by atoms with Gasteiger partial charge in [0.1, 0.15) is 0 Å². The first kappa shape index (κ1) is 21.6. The van der Waals surface area contributed by atoms with E-state index in [1.165, 1.54) is 17.7 Å². The van der Waals surface area contributed by atoms with Gasteiger partial charge in [0, 0.05) is 12.1 Å². The topological polar surface area (TPSA) is 75.3 Å². The van der Waals surface area contributed by atoms with Gasteiger partial charge in [0.15, 0.2) is 0 Å². The summed E-state index contributed by atoms with van der Waals surface area (Å²) in [6.07, 6.45) is 2.00. The second-order valence-corrected chi connectivity index (χ2v) is 9.02. The molecule has 3 aromatic carbocycles. The minimum atomic E-state index is -3.70. The lowest BCUT2D eigenvalue weighted by atomic mass is 10.1. The summed E-state index contributed by atoms with van der Waals surface area (Å²) in [6, 6.07) is 21.8. The quantitative estimate of drug-likeness (QED) is 0.532. The normalized spacial score (nSPS) is 11.1. The first-order chi connectivity index (χ1) is 14.3. The van der Waals surface area contributed by atoms with Crippen LogP contribution in [0.25, 0.3) is 0 Å². The van der Waals surface area contributed by atoms with Gasteiger partial charge in [0.25, 0.3) is 10.0 Å². The molecule has 0 radical (unpaired) electrons. The highest BCUT2D eigenvalue weighted by molar-refractivity contribution is 7.92. The lowest BCUT2D eigenvalue weighted by molar-refractivity contribution is -0.116. The van der Waals surface area contributed by atoms with Crippen molar-refractivity contribution in [1.82, 2.24) is 0 Å². The predicted octanol–water partition coefficient (Wildman–Crippen LogP) is 5.07. The first-order valence-electron chi connectivity index (χ1n) is 9.87. The average Bonchev–Trinajstić information content (AvgIpc) is 2.71. The Kier molecular flexibility index (Phi) is 6.90. The summed E-state index contributed by atoms with van der Waals surface area (Å²) in [5.74, 6) is -0.0880. The molecule has 0 spiro atoms. The fourth-order valence-electron chi connectivity index (χ4n) is 3.17. The van der Waals surface area contributed by atoms with Crippen LogP contribution in [0.5, 0.6) is 0 Å². The molecule has 0 aliphatic heterocycles. The zero-order valence-electron chi connectivity index (χ0n) is 17.2. The van der Waals surface area contributed by atoms with E-state index in [2.05, 4.69) is 10.0 Å². The zero-order valence-corrected chi connectivity index (χ0v) is 18.0. The number of aryl methyl sites for hydroxylation is 3. The van der Waals surface area contributed by atoms with E-state index < -0.39 is 10.0 Å². The Bertz CT molecular complexity index is 1110. The number of nitrogens with one attached hydrogen (secondary N) is 2. The Hall–Kier alpha value is -3.12. The number of anilines is 2. The van der Waals surface area contributed by atoms with Crippen LogP contribution in [-0.4, -0.2) is 14.3 Å². The third-order valence-corrected chi connectivity index (χ3v) is 6.17. The van der Waals surface area contributed by atoms with Gasteiger partial charge >= 0.3 is 0 Å². The highest BCUT2D eigenvalue weighted by atomic mass is 32.2. The molecule has 30 heavy (non-hydrogen) atoms. The number of benzene rings is 3. The molecule has 3 rings (SSSR count). The molecule has 6 heteroatoms. The summed E-state index contributed by atoms with van der Waals surface area (Å²) in [4.78, 5) is 12.3. The van der Waals surface area contributed by atoms with Gasteiger partial charge in [0.05, 0.1) is 10.6 Å². The standard InChI is InChI=1S/C24H26N2O3S/c1-18-11-16-23(19(2)17-18)26-30(28,29)22-14-12-21(13-15-22)25-24(27)10-6-9-20-7-4-3-5-8-20/h3-5,7-8,11-17,26H,6,9-10H2,1-2H3,(H,25,27). The minimum Gasteiger partial charge on any atom is -0.326 e. The Morgan fingerprint density at radius 1 is 0.900 bits per heavy atom. The van der Waals surface area contributed by atoms with E-state index in [4.69, 9.17) is 0 Å². The lowest BCUT2D eigenvalue weighted by Crippen LogP contribution is -2.14. The first-order valence-corrected chi connectivity index (χ1v) is 11.4. The molecule has 0 heterocycles. The number of carbonyl (C=O) groups excluding carboxylic acids is 1. The molecule has 0 bridgehead atoms. The van der Waals surface area contributed by atoms with Gasteiger partial charge in [0.2, 0.25) is 5.91 Å². The summed E-state index contributed by atoms with van der Waals surface area (Å²) < 4.78 is 27.9. The summed E-state index contributed by atoms with van der Waals surface area (Å²) in [5.41, 5.74) is 4.26. The van der Waals surface area contributed by atoms with Gasteiger partial charge in [-0.25, -0.2) is 8.42 Å². The van der Waals surface area contributed by atoms with Crippen LogP contribution in [-0.2, 0) is 21.2 Å². The number of rotatable bonds is 8. The number of sulfonamides is 1. The van der Waals surface area contributed by atoms with E-state index in [9.17, 15) is 13.2 Å². The van der Waals surface area contributed by atoms with Crippen LogP contribution in [0, 0.1) is 13.8 Å². The SMILES string of the molecule is Cc1ccc(NS(=O)(=O)c2ccc(NC(=O)CCCc3ccccc3)cc2)c(C)c1. The van der Waals surface area contributed by atoms with Gasteiger partial charge in [-0.2, -0.15) is 0 Å². The van der Waals surface area contributed by atoms with Gasteiger partial charge in [-0.15, -0.1) is 0 Å². The van der Waals surface area contributed by atoms with Crippen LogP contribution in [0.4, 0.5) is 11.4 Å². The number of carbonyl (C=O) groups is 1. The van der Waals surface area contributed by atoms with E-state index >= 15 is 0 Å². The van der Waals surface area contributed by atoms with Crippen molar-refractivity contribution in [3.63, 3.8) is 0 Å². The van der Waals surface area contributed by atoms with Crippen molar-refractivity contribution in [2.45, 2.75) is 38.0 Å². The average molecular weight is 423 g/mol. The van der Waals surface area contributed by atoms with Crippen molar-refractivity contribution in [2.24, 2.45) is 0 Å². The fourth-order valence-corrected chi connectivity index (χ4v) is 4.30. The number of amides is 1. The molecule has 1 amide bonds. The van der Waals surface area contributed by atoms with Crippen molar-refractivity contribution in [1.29, 1.82) is 0 Å². The minimum absolute atomic E-state index is 0.0880. The Labute approximate surface area is 178 Å². The van der Waals surface area contributed by atoms with Crippen molar-refractivity contribution in [3.05, 3.63) is 89.5 Å². The molecule has 0 unspecified atom stereocenters. The molecule has 156 valence electrons. The molecule has 2 N–H and O–H groups in total. The highest BCUT2D eigenvalue weighted by Crippen LogP contribution is 2.22. The third kappa shape index (κ3) is 5.94. The van der Waals surface area contributed by atoms with Crippen LogP contribution >= 0.6 is 0 Å². The summed E-state index contributed by atoms with van der Waals surface area (Å²) in [6.45, 7) is 3.82. The number of hydrogen-bond acceptors (Lipinski definition) is 3. The van der Waals surface area contributed by atoms with Gasteiger partial charge in [-0.05, 0) is 68.1 Å². The molecular formula is C24H26N2O3S. The van der Waals surface area contributed by atoms with Crippen LogP contribution in [0.3, 0.4) is 0 Å². The summed E-state index contributed by atoms with van der Waals surface area (Å²) in [5, 5.41) is 2.82. The third-order valence-electron chi connectivity index (χ3n) is 4.79. The summed E-state index contributed by atoms with van der Waals surface area (Å²) >= 11 is 0. The lowest BCUT2D eigenvalue weighted by Gasteiger charge is -2.12. The summed E-state index contributed by atoms with van der Waals surface area (Å²) in [7, 11) is -3.70. The van der Waals surface area contributed by atoms with Crippen molar-refractivity contribution in [2.75, 3.05) is 10.0 Å². The van der Waals surface area contributed by atoms with Crippen LogP contribution in [0.2, 0.25) is 0 Å². The molecule has 0 fully saturated rings. The van der Waals surface area contributed by atoms with Gasteiger partial charge in [-0.3, -0.25) is 9.52 Å². The largest absolute Gasteiger partial charge is 0.326 e. The Morgan fingerprint density at radius 3 is 2.27 bits per heavy atom. The molecule has 3 aromatic rings. The van der Waals surface area contributed by atoms with Crippen LogP contribution in [0.15, 0.2) is 77.7 Å². The molecule has 0 saturated heterocycles. The van der Waals surface area contributed by atoms with Crippen molar-refractivity contribution in [3.8, 4) is 0 Å². The monoisotopic (exact) mass is 422 g/mol. The molecule has 0 aliphatic carbocycles. The molecule has 5 nitrogen and oxygen atoms in total. The van der Waals surface area contributed by atoms with Gasteiger partial charge < -0.3 is 5.32 Å². The Morgan fingerprint density at radius 2 is 1.60 bits per heavy atom. The maximum Gasteiger partial charge on any atom is 0.261 e. The maximum atomic E-state index is 12.6.